The molecule has 0 spiro atoms. The van der Waals surface area contributed by atoms with E-state index in [0.29, 0.717) is 5.91 Å². The third kappa shape index (κ3) is 4.26. The van der Waals surface area contributed by atoms with Gasteiger partial charge in [0.15, 0.2) is 0 Å². The van der Waals surface area contributed by atoms with Gasteiger partial charge in [-0.1, -0.05) is 33.1 Å². The van der Waals surface area contributed by atoms with E-state index >= 15 is 0 Å². The molecule has 0 aromatic carbocycles. The molecule has 7 heteroatoms. The van der Waals surface area contributed by atoms with Crippen molar-refractivity contribution in [2.24, 2.45) is 5.92 Å². The number of amides is 1. The maximum absolute atomic E-state index is 13.0. The first-order chi connectivity index (χ1) is 15.7. The van der Waals surface area contributed by atoms with Gasteiger partial charge in [-0.05, 0) is 37.8 Å². The number of fused-ring (bicyclic) bond motifs is 3. The Hall–Kier alpha value is -1.73. The average Bonchev–Trinajstić information content (AvgIpc) is 3.21. The van der Waals surface area contributed by atoms with Crippen molar-refractivity contribution < 1.29 is 4.79 Å². The number of hydrogen-bond acceptors (Lipinski definition) is 6. The molecule has 5 rings (SSSR count). The largest absolute Gasteiger partial charge is 0.352 e. The van der Waals surface area contributed by atoms with Gasteiger partial charge in [0.1, 0.15) is 16.5 Å². The van der Waals surface area contributed by atoms with Crippen LogP contribution in [0.5, 0.6) is 0 Å². The van der Waals surface area contributed by atoms with Crippen molar-refractivity contribution >= 4 is 33.3 Å². The van der Waals surface area contributed by atoms with Gasteiger partial charge in [-0.2, -0.15) is 0 Å². The maximum atomic E-state index is 13.0. The van der Waals surface area contributed by atoms with Gasteiger partial charge in [0, 0.05) is 56.5 Å². The van der Waals surface area contributed by atoms with Crippen LogP contribution in [-0.4, -0.2) is 64.9 Å². The number of thiophene rings is 1. The van der Waals surface area contributed by atoms with Crippen molar-refractivity contribution in [2.75, 3.05) is 44.2 Å². The van der Waals surface area contributed by atoms with Crippen LogP contribution in [0, 0.1) is 5.92 Å². The first-order valence-corrected chi connectivity index (χ1v) is 13.6. The second-order valence-electron chi connectivity index (χ2n) is 9.66. The summed E-state index contributed by atoms with van der Waals surface area (Å²) in [7, 11) is 0. The van der Waals surface area contributed by atoms with Crippen LogP contribution in [0.1, 0.15) is 68.6 Å². The van der Waals surface area contributed by atoms with Crippen molar-refractivity contribution in [1.29, 1.82) is 0 Å². The molecule has 4 heterocycles. The Bertz CT molecular complexity index is 959. The number of nitrogens with zero attached hydrogens (tertiary/aromatic N) is 5. The second-order valence-corrected chi connectivity index (χ2v) is 10.7. The monoisotopic (exact) mass is 455 g/mol. The third-order valence-electron chi connectivity index (χ3n) is 7.57. The van der Waals surface area contributed by atoms with E-state index in [1.165, 1.54) is 39.9 Å². The highest BCUT2D eigenvalue weighted by atomic mass is 32.1. The number of piperazine rings is 1. The van der Waals surface area contributed by atoms with Crippen LogP contribution in [-0.2, 0) is 24.2 Å². The topological polar surface area (TPSA) is 52.6 Å². The molecule has 0 unspecified atom stereocenters. The Kier molecular flexibility index (Phi) is 6.65. The Balaban J connectivity index is 1.39. The van der Waals surface area contributed by atoms with E-state index in [2.05, 4.69) is 28.5 Å². The van der Waals surface area contributed by atoms with Crippen molar-refractivity contribution in [2.45, 2.75) is 71.8 Å². The minimum atomic E-state index is 0.266. The molecule has 32 heavy (non-hydrogen) atoms. The quantitative estimate of drug-likeness (QED) is 0.675. The van der Waals surface area contributed by atoms with Crippen molar-refractivity contribution in [1.82, 2.24) is 19.8 Å². The summed E-state index contributed by atoms with van der Waals surface area (Å²) in [6.07, 6.45) is 8.97. The zero-order chi connectivity index (χ0) is 22.1. The summed E-state index contributed by atoms with van der Waals surface area (Å²) in [5, 5.41) is 1.30. The molecule has 6 nitrogen and oxygen atoms in total. The highest BCUT2D eigenvalue weighted by molar-refractivity contribution is 7.19. The van der Waals surface area contributed by atoms with E-state index in [0.717, 1.165) is 89.6 Å². The molecule has 0 bridgehead atoms. The molecule has 1 amide bonds. The van der Waals surface area contributed by atoms with Gasteiger partial charge in [-0.3, -0.25) is 9.69 Å². The van der Waals surface area contributed by atoms with E-state index in [1.54, 1.807) is 0 Å². The fourth-order valence-electron chi connectivity index (χ4n) is 5.65. The number of aromatic nitrogens is 2. The molecular weight excluding hydrogens is 418 g/mol. The average molecular weight is 456 g/mol. The number of rotatable bonds is 5. The third-order valence-corrected chi connectivity index (χ3v) is 8.68. The molecule has 1 saturated heterocycles. The molecule has 1 aliphatic carbocycles. The van der Waals surface area contributed by atoms with Crippen LogP contribution < -0.4 is 4.90 Å². The number of anilines is 1. The van der Waals surface area contributed by atoms with Gasteiger partial charge in [-0.15, -0.1) is 11.3 Å². The summed E-state index contributed by atoms with van der Waals surface area (Å²) < 4.78 is 0. The van der Waals surface area contributed by atoms with Crippen molar-refractivity contribution in [3.8, 4) is 0 Å². The zero-order valence-electron chi connectivity index (χ0n) is 19.7. The van der Waals surface area contributed by atoms with Gasteiger partial charge in [0.25, 0.3) is 0 Å². The lowest BCUT2D eigenvalue weighted by Crippen LogP contribution is -2.51. The van der Waals surface area contributed by atoms with E-state index in [4.69, 9.17) is 9.97 Å². The Labute approximate surface area is 196 Å². The van der Waals surface area contributed by atoms with E-state index < -0.39 is 0 Å². The van der Waals surface area contributed by atoms with Crippen LogP contribution in [0.2, 0.25) is 0 Å². The molecule has 2 aromatic rings. The fourth-order valence-corrected chi connectivity index (χ4v) is 6.93. The molecule has 174 valence electrons. The molecular formula is C25H37N5OS. The SMILES string of the molecule is CCCc1nc(N2CCN(C(=O)C3CCCCC3)CC2)c2c3c(sc2n1)CN(CC)CC3. The highest BCUT2D eigenvalue weighted by Crippen LogP contribution is 2.39. The van der Waals surface area contributed by atoms with Crippen LogP contribution in [0.3, 0.4) is 0 Å². The molecule has 2 aromatic heterocycles. The summed E-state index contributed by atoms with van der Waals surface area (Å²) in [6.45, 7) is 11.1. The number of hydrogen-bond donors (Lipinski definition) is 0. The zero-order valence-corrected chi connectivity index (χ0v) is 20.6. The smallest absolute Gasteiger partial charge is 0.225 e. The molecule has 1 saturated carbocycles. The van der Waals surface area contributed by atoms with Crippen LogP contribution >= 0.6 is 11.3 Å². The lowest BCUT2D eigenvalue weighted by atomic mass is 9.88. The van der Waals surface area contributed by atoms with Gasteiger partial charge >= 0.3 is 0 Å². The summed E-state index contributed by atoms with van der Waals surface area (Å²) in [5.74, 6) is 2.77. The standard InChI is InChI=1S/C25H37N5OS/c1-3-8-21-26-23(22-19-11-12-28(4-2)17-20(19)32-24(22)27-21)29-13-15-30(16-14-29)25(31)18-9-6-5-7-10-18/h18H,3-17H2,1-2H3. The van der Waals surface area contributed by atoms with Gasteiger partial charge in [-0.25, -0.2) is 9.97 Å². The number of carbonyl (C=O) groups excluding carboxylic acids is 1. The first kappa shape index (κ1) is 22.1. The van der Waals surface area contributed by atoms with Crippen molar-refractivity contribution in [3.63, 3.8) is 0 Å². The minimum Gasteiger partial charge on any atom is -0.352 e. The van der Waals surface area contributed by atoms with E-state index in [-0.39, 0.29) is 5.92 Å². The van der Waals surface area contributed by atoms with Crippen LogP contribution in [0.25, 0.3) is 10.2 Å². The predicted octanol–water partition coefficient (Wildman–Crippen LogP) is 4.25. The molecule has 0 N–H and O–H groups in total. The molecule has 0 radical (unpaired) electrons. The molecule has 3 aliphatic rings. The fraction of sp³-hybridized carbons (Fsp3) is 0.720. The van der Waals surface area contributed by atoms with E-state index in [9.17, 15) is 4.79 Å². The highest BCUT2D eigenvalue weighted by Gasteiger charge is 2.31. The van der Waals surface area contributed by atoms with Gasteiger partial charge in [0.05, 0.1) is 5.39 Å². The molecule has 2 aliphatic heterocycles. The number of likely N-dealkylation sites (N-methyl/N-ethyl adjacent to an activating group) is 1. The van der Waals surface area contributed by atoms with Crippen LogP contribution in [0.4, 0.5) is 5.82 Å². The summed E-state index contributed by atoms with van der Waals surface area (Å²) in [6, 6.07) is 0. The summed E-state index contributed by atoms with van der Waals surface area (Å²) >= 11 is 1.88. The Morgan fingerprint density at radius 2 is 1.81 bits per heavy atom. The minimum absolute atomic E-state index is 0.266. The lowest BCUT2D eigenvalue weighted by Gasteiger charge is -2.38. The van der Waals surface area contributed by atoms with Crippen molar-refractivity contribution in [3.05, 3.63) is 16.3 Å². The molecule has 2 fully saturated rings. The van der Waals surface area contributed by atoms with Gasteiger partial charge < -0.3 is 9.80 Å². The first-order valence-electron chi connectivity index (χ1n) is 12.7. The van der Waals surface area contributed by atoms with E-state index in [1.807, 2.05) is 11.3 Å². The summed E-state index contributed by atoms with van der Waals surface area (Å²) in [4.78, 5) is 32.8. The predicted molar refractivity (Wildman–Crippen MR) is 131 cm³/mol. The Morgan fingerprint density at radius 1 is 1.03 bits per heavy atom. The maximum Gasteiger partial charge on any atom is 0.225 e. The molecule has 0 atom stereocenters. The van der Waals surface area contributed by atoms with Crippen LogP contribution in [0.15, 0.2) is 0 Å². The number of carbonyl (C=O) groups is 1. The Morgan fingerprint density at radius 3 is 2.53 bits per heavy atom. The van der Waals surface area contributed by atoms with Gasteiger partial charge in [0.2, 0.25) is 5.91 Å². The summed E-state index contributed by atoms with van der Waals surface area (Å²) in [5.41, 5.74) is 1.48. The normalized spacial score (nSPS) is 20.7. The number of aryl methyl sites for hydroxylation is 1. The lowest BCUT2D eigenvalue weighted by molar-refractivity contribution is -0.136. The second kappa shape index (κ2) is 9.64.